The van der Waals surface area contributed by atoms with Crippen molar-refractivity contribution in [2.24, 2.45) is 13.0 Å². The molecule has 1 saturated carbocycles. The van der Waals surface area contributed by atoms with E-state index in [0.717, 1.165) is 0 Å². The Hall–Kier alpha value is -4.90. The van der Waals surface area contributed by atoms with Crippen LogP contribution in [0.5, 0.6) is 11.8 Å². The van der Waals surface area contributed by atoms with E-state index in [2.05, 4.69) is 31.8 Å². The van der Waals surface area contributed by atoms with Gasteiger partial charge in [0.15, 0.2) is 11.6 Å². The van der Waals surface area contributed by atoms with Crippen molar-refractivity contribution >= 4 is 40.0 Å². The van der Waals surface area contributed by atoms with Gasteiger partial charge in [-0.25, -0.2) is 28.7 Å². The summed E-state index contributed by atoms with van der Waals surface area (Å²) in [5, 5.41) is 3.53. The van der Waals surface area contributed by atoms with Gasteiger partial charge in [0, 0.05) is 47.2 Å². The van der Waals surface area contributed by atoms with E-state index < -0.39 is 23.8 Å². The molecule has 0 spiro atoms. The molecule has 212 valence electrons. The summed E-state index contributed by atoms with van der Waals surface area (Å²) in [6, 6.07) is 11.2. The van der Waals surface area contributed by atoms with Gasteiger partial charge in [0.1, 0.15) is 24.0 Å². The van der Waals surface area contributed by atoms with Crippen molar-refractivity contribution in [3.05, 3.63) is 83.7 Å². The highest BCUT2D eigenvalue weighted by Crippen LogP contribution is 2.45. The Labute approximate surface area is 244 Å². The first-order valence-electron chi connectivity index (χ1n) is 12.9. The van der Waals surface area contributed by atoms with Gasteiger partial charge in [-0.2, -0.15) is 0 Å². The minimum atomic E-state index is -1.03. The molecular formula is C30H24ClF2N7O2. The molecule has 0 radical (unpaired) electrons. The van der Waals surface area contributed by atoms with Gasteiger partial charge in [-0.15, -0.1) is 0 Å². The molecule has 12 heteroatoms. The summed E-state index contributed by atoms with van der Waals surface area (Å²) in [7, 11) is 1.79. The minimum Gasteiger partial charge on any atom is -0.421 e. The molecule has 1 fully saturated rings. The second kappa shape index (κ2) is 10.5. The summed E-state index contributed by atoms with van der Waals surface area (Å²) in [6.45, 7) is 5.50. The van der Waals surface area contributed by atoms with Gasteiger partial charge in [0.25, 0.3) is 5.91 Å². The summed E-state index contributed by atoms with van der Waals surface area (Å²) < 4.78 is 36.2. The number of alkyl halides is 1. The number of aromatic nitrogens is 5. The van der Waals surface area contributed by atoms with E-state index >= 15 is 4.39 Å². The zero-order valence-electron chi connectivity index (χ0n) is 22.5. The largest absolute Gasteiger partial charge is 0.421 e. The molecule has 0 aliphatic heterocycles. The zero-order chi connectivity index (χ0) is 29.7. The monoisotopic (exact) mass is 587 g/mol. The quantitative estimate of drug-likeness (QED) is 0.211. The Kier molecular flexibility index (Phi) is 6.82. The molecule has 0 bridgehead atoms. The number of carbonyl (C=O) groups is 1. The molecule has 1 aliphatic carbocycles. The van der Waals surface area contributed by atoms with Crippen LogP contribution in [-0.2, 0) is 11.8 Å². The van der Waals surface area contributed by atoms with E-state index in [1.807, 2.05) is 0 Å². The van der Waals surface area contributed by atoms with E-state index in [9.17, 15) is 9.18 Å². The number of aryl methyl sites for hydroxylation is 2. The molecule has 1 aliphatic rings. The summed E-state index contributed by atoms with van der Waals surface area (Å²) in [5.74, 6) is -1.42. The zero-order valence-corrected chi connectivity index (χ0v) is 23.3. The Bertz CT molecular complexity index is 1910. The molecule has 1 amide bonds. The first-order valence-corrected chi connectivity index (χ1v) is 13.3. The molecule has 6 rings (SSSR count). The fraction of sp³-hybridized carbons (Fsp3) is 0.167. The van der Waals surface area contributed by atoms with Crippen molar-refractivity contribution in [3.63, 3.8) is 0 Å². The normalized spacial score (nSPS) is 15.9. The number of anilines is 2. The smallest absolute Gasteiger partial charge is 0.322 e. The van der Waals surface area contributed by atoms with Gasteiger partial charge in [0.2, 0.25) is 0 Å². The van der Waals surface area contributed by atoms with Crippen molar-refractivity contribution in [2.75, 3.05) is 11.1 Å². The molecule has 5 aromatic rings. The summed E-state index contributed by atoms with van der Waals surface area (Å²) >= 11 is 6.76. The summed E-state index contributed by atoms with van der Waals surface area (Å²) in [5.41, 5.74) is 10.3. The Morgan fingerprint density at radius 1 is 1.19 bits per heavy atom. The second-order valence-corrected chi connectivity index (χ2v) is 10.4. The molecule has 9 nitrogen and oxygen atoms in total. The average molecular weight is 588 g/mol. The van der Waals surface area contributed by atoms with E-state index in [1.165, 1.54) is 24.7 Å². The van der Waals surface area contributed by atoms with Crippen LogP contribution in [0.25, 0.3) is 33.4 Å². The van der Waals surface area contributed by atoms with Gasteiger partial charge < -0.3 is 20.4 Å². The molecule has 0 saturated heterocycles. The van der Waals surface area contributed by atoms with Gasteiger partial charge in [0.05, 0.1) is 16.1 Å². The first-order chi connectivity index (χ1) is 20.1. The number of nitrogens with one attached hydrogen (secondary N) is 1. The molecule has 3 aromatic heterocycles. The maximum atomic E-state index is 15.4. The van der Waals surface area contributed by atoms with Crippen molar-refractivity contribution in [1.29, 1.82) is 0 Å². The Morgan fingerprint density at radius 3 is 2.67 bits per heavy atom. The van der Waals surface area contributed by atoms with E-state index in [-0.39, 0.29) is 23.2 Å². The number of hydrogen-bond acceptors (Lipinski definition) is 7. The van der Waals surface area contributed by atoms with Crippen LogP contribution in [0.2, 0.25) is 5.02 Å². The fourth-order valence-electron chi connectivity index (χ4n) is 4.87. The molecular weight excluding hydrogens is 564 g/mol. The highest BCUT2D eigenvalue weighted by molar-refractivity contribution is 6.34. The number of rotatable bonds is 7. The van der Waals surface area contributed by atoms with E-state index in [1.54, 1.807) is 48.9 Å². The SMILES string of the molecule is C=C(C(=O)Nc1ccc(-c2c(-c3ccc(Oc4nccc(C)n4)c(F)c3)c3c(N)ncnc3n2C)c(Cl)c1)[C@@H]1C[C@H]1F. The predicted octanol–water partition coefficient (Wildman–Crippen LogP) is 6.42. The van der Waals surface area contributed by atoms with E-state index in [0.29, 0.717) is 56.2 Å². The number of benzene rings is 2. The van der Waals surface area contributed by atoms with Gasteiger partial charge in [-0.1, -0.05) is 24.2 Å². The molecule has 2 atom stereocenters. The summed E-state index contributed by atoms with van der Waals surface area (Å²) in [4.78, 5) is 29.3. The lowest BCUT2D eigenvalue weighted by atomic mass is 9.98. The highest BCUT2D eigenvalue weighted by atomic mass is 35.5. The van der Waals surface area contributed by atoms with Crippen LogP contribution in [0.15, 0.2) is 67.1 Å². The van der Waals surface area contributed by atoms with E-state index in [4.69, 9.17) is 22.1 Å². The number of fused-ring (bicyclic) bond motifs is 1. The maximum Gasteiger partial charge on any atom is 0.322 e. The third kappa shape index (κ3) is 4.92. The lowest BCUT2D eigenvalue weighted by Gasteiger charge is -2.13. The molecule has 42 heavy (non-hydrogen) atoms. The number of nitrogens with two attached hydrogens (primary N) is 1. The van der Waals surface area contributed by atoms with Gasteiger partial charge in [-0.3, -0.25) is 4.79 Å². The van der Waals surface area contributed by atoms with Crippen molar-refractivity contribution in [2.45, 2.75) is 19.5 Å². The number of amides is 1. The third-order valence-electron chi connectivity index (χ3n) is 7.12. The molecule has 2 aromatic carbocycles. The topological polar surface area (TPSA) is 121 Å². The van der Waals surface area contributed by atoms with Gasteiger partial charge >= 0.3 is 6.01 Å². The van der Waals surface area contributed by atoms with Gasteiger partial charge in [-0.05, 0) is 55.3 Å². The number of nitrogen functional groups attached to an aromatic ring is 1. The lowest BCUT2D eigenvalue weighted by Crippen LogP contribution is -2.15. The Balaban J connectivity index is 1.41. The van der Waals surface area contributed by atoms with Crippen LogP contribution in [-0.4, -0.2) is 36.6 Å². The minimum absolute atomic E-state index is 0.0225. The highest BCUT2D eigenvalue weighted by Gasteiger charge is 2.42. The first kappa shape index (κ1) is 27.3. The van der Waals surface area contributed by atoms with Crippen LogP contribution in [0.4, 0.5) is 20.3 Å². The maximum absolute atomic E-state index is 15.4. The molecule has 3 heterocycles. The number of halogens is 3. The molecule has 3 N–H and O–H groups in total. The number of ether oxygens (including phenoxy) is 1. The van der Waals surface area contributed by atoms with Crippen LogP contribution in [0, 0.1) is 18.7 Å². The lowest BCUT2D eigenvalue weighted by molar-refractivity contribution is -0.113. The second-order valence-electron chi connectivity index (χ2n) is 10.0. The van der Waals surface area contributed by atoms with Crippen LogP contribution in [0.1, 0.15) is 12.1 Å². The Morgan fingerprint density at radius 2 is 1.98 bits per heavy atom. The summed E-state index contributed by atoms with van der Waals surface area (Å²) in [6.07, 6.45) is 2.14. The standard InChI is InChI=1S/C30H24ClF2N7O2/c1-14-8-9-35-30(38-14)42-23-7-4-16(10-22(23)33)24-25-27(34)36-13-37-28(25)40(3)26(24)18-6-5-17(11-20(18)31)39-29(41)15(2)19-12-21(19)32/h4-11,13,19,21H,2,12H2,1,3H3,(H,39,41)(H2,34,36,37)/t19-,21+/m0/s1. The van der Waals surface area contributed by atoms with Crippen molar-refractivity contribution in [1.82, 2.24) is 24.5 Å². The number of hydrogen-bond donors (Lipinski definition) is 2. The fourth-order valence-corrected chi connectivity index (χ4v) is 5.14. The number of nitrogens with zero attached hydrogens (tertiary/aromatic N) is 5. The molecule has 0 unspecified atom stereocenters. The van der Waals surface area contributed by atoms with Crippen LogP contribution in [0.3, 0.4) is 0 Å². The van der Waals surface area contributed by atoms with Crippen molar-refractivity contribution < 1.29 is 18.3 Å². The van der Waals surface area contributed by atoms with Crippen LogP contribution >= 0.6 is 11.6 Å². The predicted molar refractivity (Wildman–Crippen MR) is 156 cm³/mol. The number of carbonyl (C=O) groups excluding carboxylic acids is 1. The van der Waals surface area contributed by atoms with Crippen molar-refractivity contribution in [3.8, 4) is 34.1 Å². The third-order valence-corrected chi connectivity index (χ3v) is 7.44. The van der Waals surface area contributed by atoms with Crippen LogP contribution < -0.4 is 15.8 Å². The average Bonchev–Trinajstić information content (AvgIpc) is 3.61.